The van der Waals surface area contributed by atoms with Crippen molar-refractivity contribution >= 4 is 17.5 Å². The molecule has 1 unspecified atom stereocenters. The molecule has 0 spiro atoms. The van der Waals surface area contributed by atoms with Crippen molar-refractivity contribution in [2.24, 2.45) is 0 Å². The smallest absolute Gasteiger partial charge is 0.238 e. The van der Waals surface area contributed by atoms with Crippen molar-refractivity contribution in [1.82, 2.24) is 4.90 Å². The van der Waals surface area contributed by atoms with Gasteiger partial charge in [-0.05, 0) is 30.0 Å². The summed E-state index contributed by atoms with van der Waals surface area (Å²) >= 11 is 0. The Kier molecular flexibility index (Phi) is 6.15. The number of para-hydroxylation sites is 1. The molecule has 1 aliphatic rings. The molecule has 148 valence electrons. The summed E-state index contributed by atoms with van der Waals surface area (Å²) in [6, 6.07) is 17.7. The maximum Gasteiger partial charge on any atom is 0.238 e. The molecule has 0 aliphatic carbocycles. The van der Waals surface area contributed by atoms with Crippen molar-refractivity contribution in [3.05, 3.63) is 65.7 Å². The minimum absolute atomic E-state index is 0.0174. The average molecular weight is 380 g/mol. The zero-order valence-electron chi connectivity index (χ0n) is 16.9. The van der Waals surface area contributed by atoms with Crippen LogP contribution in [0.5, 0.6) is 0 Å². The molecule has 1 atom stereocenters. The third-order valence-corrected chi connectivity index (χ3v) is 5.56. The SMILES string of the molecule is COCCCN(C)C(=O)CC1(Cc2ccccc2)C(=O)N(C)c2ccccc21. The molecule has 0 saturated carbocycles. The summed E-state index contributed by atoms with van der Waals surface area (Å²) in [6.45, 7) is 1.22. The normalized spacial score (nSPS) is 18.2. The number of carbonyl (C=O) groups excluding carboxylic acids is 2. The molecule has 3 rings (SSSR count). The Labute approximate surface area is 166 Å². The molecule has 5 heteroatoms. The number of nitrogens with zero attached hydrogens (tertiary/aromatic N) is 2. The van der Waals surface area contributed by atoms with Gasteiger partial charge in [0.1, 0.15) is 0 Å². The first kappa shape index (κ1) is 20.1. The monoisotopic (exact) mass is 380 g/mol. The summed E-state index contributed by atoms with van der Waals surface area (Å²) in [5.41, 5.74) is 2.00. The lowest BCUT2D eigenvalue weighted by atomic mass is 9.73. The third-order valence-electron chi connectivity index (χ3n) is 5.56. The molecule has 0 N–H and O–H groups in total. The van der Waals surface area contributed by atoms with Gasteiger partial charge in [-0.15, -0.1) is 0 Å². The van der Waals surface area contributed by atoms with E-state index in [4.69, 9.17) is 4.74 Å². The lowest BCUT2D eigenvalue weighted by Gasteiger charge is -2.30. The molecule has 0 fully saturated rings. The number of hydrogen-bond donors (Lipinski definition) is 0. The van der Waals surface area contributed by atoms with E-state index in [1.165, 1.54) is 0 Å². The molecule has 0 aromatic heterocycles. The van der Waals surface area contributed by atoms with Gasteiger partial charge >= 0.3 is 0 Å². The minimum atomic E-state index is -0.876. The fraction of sp³-hybridized carbons (Fsp3) is 0.391. The summed E-state index contributed by atoms with van der Waals surface area (Å²) in [7, 11) is 5.24. The van der Waals surface area contributed by atoms with Gasteiger partial charge in [-0.25, -0.2) is 0 Å². The standard InChI is InChI=1S/C23H28N2O3/c1-24(14-9-15-28-3)21(26)17-23(16-18-10-5-4-6-11-18)19-12-7-8-13-20(19)25(2)22(23)27/h4-8,10-13H,9,14-17H2,1-3H3. The Hall–Kier alpha value is -2.66. The van der Waals surface area contributed by atoms with E-state index in [0.717, 1.165) is 23.2 Å². The lowest BCUT2D eigenvalue weighted by molar-refractivity contribution is -0.135. The number of methoxy groups -OCH3 is 1. The van der Waals surface area contributed by atoms with Crippen molar-refractivity contribution in [3.8, 4) is 0 Å². The molecule has 5 nitrogen and oxygen atoms in total. The highest BCUT2D eigenvalue weighted by Crippen LogP contribution is 2.45. The minimum Gasteiger partial charge on any atom is -0.385 e. The number of carbonyl (C=O) groups is 2. The number of benzene rings is 2. The Morgan fingerprint density at radius 1 is 1.11 bits per heavy atom. The predicted octanol–water partition coefficient (Wildman–Crippen LogP) is 3.03. The molecular formula is C23H28N2O3. The van der Waals surface area contributed by atoms with Crippen LogP contribution in [0.3, 0.4) is 0 Å². The van der Waals surface area contributed by atoms with E-state index in [0.29, 0.717) is 19.6 Å². The summed E-state index contributed by atoms with van der Waals surface area (Å²) in [6.07, 6.45) is 1.44. The van der Waals surface area contributed by atoms with Gasteiger partial charge in [0.15, 0.2) is 0 Å². The first-order valence-corrected chi connectivity index (χ1v) is 9.64. The number of rotatable bonds is 8. The average Bonchev–Trinajstić information content (AvgIpc) is 2.91. The molecule has 0 bridgehead atoms. The highest BCUT2D eigenvalue weighted by atomic mass is 16.5. The van der Waals surface area contributed by atoms with Crippen molar-refractivity contribution in [2.75, 3.05) is 39.3 Å². The first-order chi connectivity index (χ1) is 13.5. The van der Waals surface area contributed by atoms with Crippen LogP contribution < -0.4 is 4.90 Å². The summed E-state index contributed by atoms with van der Waals surface area (Å²) in [4.78, 5) is 29.9. The second-order valence-corrected chi connectivity index (χ2v) is 7.46. The van der Waals surface area contributed by atoms with E-state index in [9.17, 15) is 9.59 Å². The summed E-state index contributed by atoms with van der Waals surface area (Å²) < 4.78 is 5.08. The van der Waals surface area contributed by atoms with Gasteiger partial charge in [0, 0.05) is 46.5 Å². The largest absolute Gasteiger partial charge is 0.385 e. The number of anilines is 1. The van der Waals surface area contributed by atoms with Crippen LogP contribution in [0.15, 0.2) is 54.6 Å². The van der Waals surface area contributed by atoms with Gasteiger partial charge < -0.3 is 14.5 Å². The van der Waals surface area contributed by atoms with E-state index in [-0.39, 0.29) is 18.2 Å². The van der Waals surface area contributed by atoms with Gasteiger partial charge in [0.05, 0.1) is 5.41 Å². The Bertz CT molecular complexity index is 837. The molecule has 0 saturated heterocycles. The molecule has 28 heavy (non-hydrogen) atoms. The van der Waals surface area contributed by atoms with Gasteiger partial charge in [0.2, 0.25) is 11.8 Å². The highest BCUT2D eigenvalue weighted by molar-refractivity contribution is 6.09. The maximum absolute atomic E-state index is 13.4. The van der Waals surface area contributed by atoms with Crippen LogP contribution in [0.4, 0.5) is 5.69 Å². The molecular weight excluding hydrogens is 352 g/mol. The lowest BCUT2D eigenvalue weighted by Crippen LogP contribution is -2.45. The predicted molar refractivity (Wildman–Crippen MR) is 110 cm³/mol. The topological polar surface area (TPSA) is 49.9 Å². The van der Waals surface area contributed by atoms with Crippen LogP contribution in [0, 0.1) is 0 Å². The molecule has 1 heterocycles. The molecule has 0 radical (unpaired) electrons. The van der Waals surface area contributed by atoms with Crippen LogP contribution in [0.1, 0.15) is 24.0 Å². The second-order valence-electron chi connectivity index (χ2n) is 7.46. The number of hydrogen-bond acceptors (Lipinski definition) is 3. The number of ether oxygens (including phenoxy) is 1. The van der Waals surface area contributed by atoms with Crippen LogP contribution in [-0.4, -0.2) is 51.1 Å². The van der Waals surface area contributed by atoms with Crippen LogP contribution in [0.2, 0.25) is 0 Å². The quantitative estimate of drug-likeness (QED) is 0.662. The number of likely N-dealkylation sites (N-methyl/N-ethyl adjacent to an activating group) is 1. The maximum atomic E-state index is 13.4. The van der Waals surface area contributed by atoms with Crippen molar-refractivity contribution in [3.63, 3.8) is 0 Å². The zero-order valence-corrected chi connectivity index (χ0v) is 16.9. The van der Waals surface area contributed by atoms with Gasteiger partial charge in [0.25, 0.3) is 0 Å². The van der Waals surface area contributed by atoms with E-state index in [2.05, 4.69) is 0 Å². The van der Waals surface area contributed by atoms with Crippen molar-refractivity contribution < 1.29 is 14.3 Å². The van der Waals surface area contributed by atoms with Gasteiger partial charge in [-0.2, -0.15) is 0 Å². The Morgan fingerprint density at radius 2 is 1.79 bits per heavy atom. The van der Waals surface area contributed by atoms with E-state index in [1.54, 1.807) is 31.0 Å². The summed E-state index contributed by atoms with van der Waals surface area (Å²) in [5, 5.41) is 0. The van der Waals surface area contributed by atoms with E-state index < -0.39 is 5.41 Å². The highest BCUT2D eigenvalue weighted by Gasteiger charge is 2.51. The third kappa shape index (κ3) is 3.80. The fourth-order valence-electron chi connectivity index (χ4n) is 4.03. The number of fused-ring (bicyclic) bond motifs is 1. The molecule has 2 aromatic rings. The van der Waals surface area contributed by atoms with Crippen LogP contribution in [0.25, 0.3) is 0 Å². The van der Waals surface area contributed by atoms with E-state index >= 15 is 0 Å². The van der Waals surface area contributed by atoms with E-state index in [1.807, 2.05) is 54.6 Å². The molecule has 2 amide bonds. The van der Waals surface area contributed by atoms with Crippen LogP contribution in [-0.2, 0) is 26.2 Å². The van der Waals surface area contributed by atoms with Crippen molar-refractivity contribution in [1.29, 1.82) is 0 Å². The Balaban J connectivity index is 1.95. The summed E-state index contributed by atoms with van der Waals surface area (Å²) in [5.74, 6) is -0.0401. The fourth-order valence-corrected chi connectivity index (χ4v) is 4.03. The van der Waals surface area contributed by atoms with Gasteiger partial charge in [-0.1, -0.05) is 48.5 Å². The molecule has 2 aromatic carbocycles. The van der Waals surface area contributed by atoms with Crippen LogP contribution >= 0.6 is 0 Å². The Morgan fingerprint density at radius 3 is 2.50 bits per heavy atom. The number of amides is 2. The molecule has 1 aliphatic heterocycles. The van der Waals surface area contributed by atoms with Gasteiger partial charge in [-0.3, -0.25) is 9.59 Å². The second kappa shape index (κ2) is 8.57. The van der Waals surface area contributed by atoms with Crippen molar-refractivity contribution in [2.45, 2.75) is 24.7 Å². The zero-order chi connectivity index (χ0) is 20.1. The first-order valence-electron chi connectivity index (χ1n) is 9.64.